The Balaban J connectivity index is 2.81. The number of hydrogen-bond donors (Lipinski definition) is 1. The van der Waals surface area contributed by atoms with Gasteiger partial charge < -0.3 is 5.73 Å². The molecule has 1 rings (SSSR count). The Bertz CT molecular complexity index is 210. The first-order chi connectivity index (χ1) is 4.84. The fourth-order valence-electron chi connectivity index (χ4n) is 0.768. The first kappa shape index (κ1) is 7.58. The molecule has 0 saturated carbocycles. The SMILES string of the molecule is NC[CH]c1ccccc1Cl. The molecule has 2 N–H and O–H groups in total. The fraction of sp³-hybridized carbons (Fsp3) is 0.125. The van der Waals surface area contributed by atoms with Gasteiger partial charge in [-0.3, -0.25) is 0 Å². The van der Waals surface area contributed by atoms with Gasteiger partial charge in [0.1, 0.15) is 0 Å². The van der Waals surface area contributed by atoms with Crippen LogP contribution >= 0.6 is 11.6 Å². The number of hydrogen-bond acceptors (Lipinski definition) is 1. The first-order valence-electron chi connectivity index (χ1n) is 3.12. The van der Waals surface area contributed by atoms with Crippen molar-refractivity contribution in [3.63, 3.8) is 0 Å². The molecule has 0 unspecified atom stereocenters. The van der Waals surface area contributed by atoms with Crippen LogP contribution in [0.1, 0.15) is 5.56 Å². The maximum absolute atomic E-state index is 5.82. The number of halogens is 1. The van der Waals surface area contributed by atoms with Gasteiger partial charge in [0, 0.05) is 11.4 Å². The minimum Gasteiger partial charge on any atom is -0.330 e. The van der Waals surface area contributed by atoms with Gasteiger partial charge in [-0.15, -0.1) is 0 Å². The van der Waals surface area contributed by atoms with Crippen LogP contribution in [-0.2, 0) is 0 Å². The van der Waals surface area contributed by atoms with Crippen LogP contribution in [0.3, 0.4) is 0 Å². The molecule has 0 bridgehead atoms. The van der Waals surface area contributed by atoms with Gasteiger partial charge in [0.25, 0.3) is 0 Å². The summed E-state index contributed by atoms with van der Waals surface area (Å²) in [6.45, 7) is 0.531. The van der Waals surface area contributed by atoms with Crippen LogP contribution in [0.15, 0.2) is 24.3 Å². The second-order valence-corrected chi connectivity index (χ2v) is 2.37. The third-order valence-corrected chi connectivity index (χ3v) is 1.59. The monoisotopic (exact) mass is 154 g/mol. The smallest absolute Gasteiger partial charge is 0.0441 e. The summed E-state index contributed by atoms with van der Waals surface area (Å²) in [6, 6.07) is 7.63. The van der Waals surface area contributed by atoms with Gasteiger partial charge in [0.05, 0.1) is 0 Å². The number of benzene rings is 1. The molecule has 53 valence electrons. The van der Waals surface area contributed by atoms with E-state index in [1.54, 1.807) is 0 Å². The highest BCUT2D eigenvalue weighted by Gasteiger charge is 1.95. The summed E-state index contributed by atoms with van der Waals surface area (Å²) in [7, 11) is 0. The standard InChI is InChI=1S/C8H9ClN/c9-8-4-2-1-3-7(8)5-6-10/h1-5H,6,10H2. The van der Waals surface area contributed by atoms with Gasteiger partial charge >= 0.3 is 0 Å². The van der Waals surface area contributed by atoms with Crippen molar-refractivity contribution >= 4 is 11.6 Å². The van der Waals surface area contributed by atoms with Crippen molar-refractivity contribution in [1.82, 2.24) is 0 Å². The van der Waals surface area contributed by atoms with Crippen molar-refractivity contribution in [3.8, 4) is 0 Å². The number of rotatable bonds is 2. The van der Waals surface area contributed by atoms with Gasteiger partial charge in [0.2, 0.25) is 0 Å². The molecule has 0 aliphatic heterocycles. The zero-order chi connectivity index (χ0) is 7.40. The van der Waals surface area contributed by atoms with E-state index in [0.717, 1.165) is 10.6 Å². The fourth-order valence-corrected chi connectivity index (χ4v) is 0.980. The summed E-state index contributed by atoms with van der Waals surface area (Å²) in [6.07, 6.45) is 1.89. The third-order valence-electron chi connectivity index (χ3n) is 1.24. The Morgan fingerprint density at radius 1 is 1.40 bits per heavy atom. The highest BCUT2D eigenvalue weighted by Crippen LogP contribution is 2.15. The molecule has 0 aliphatic carbocycles. The van der Waals surface area contributed by atoms with Gasteiger partial charge in [-0.1, -0.05) is 29.8 Å². The predicted molar refractivity (Wildman–Crippen MR) is 43.9 cm³/mol. The Hall–Kier alpha value is -0.530. The summed E-state index contributed by atoms with van der Waals surface area (Å²) in [5, 5.41) is 0.757. The molecule has 0 aromatic heterocycles. The first-order valence-corrected chi connectivity index (χ1v) is 3.50. The lowest BCUT2D eigenvalue weighted by Crippen LogP contribution is -2.00. The summed E-state index contributed by atoms with van der Waals surface area (Å²) < 4.78 is 0. The van der Waals surface area contributed by atoms with Crippen molar-refractivity contribution in [2.24, 2.45) is 5.73 Å². The molecular weight excluding hydrogens is 146 g/mol. The summed E-state index contributed by atoms with van der Waals surface area (Å²) in [5.74, 6) is 0. The molecule has 1 radical (unpaired) electrons. The van der Waals surface area contributed by atoms with Crippen LogP contribution in [0.2, 0.25) is 5.02 Å². The van der Waals surface area contributed by atoms with Crippen molar-refractivity contribution in [3.05, 3.63) is 41.3 Å². The quantitative estimate of drug-likeness (QED) is 0.692. The second-order valence-electron chi connectivity index (χ2n) is 1.96. The van der Waals surface area contributed by atoms with E-state index in [0.29, 0.717) is 6.54 Å². The third kappa shape index (κ3) is 1.72. The van der Waals surface area contributed by atoms with E-state index in [4.69, 9.17) is 17.3 Å². The van der Waals surface area contributed by atoms with Crippen LogP contribution in [0.4, 0.5) is 0 Å². The predicted octanol–water partition coefficient (Wildman–Crippen LogP) is 1.85. The van der Waals surface area contributed by atoms with Gasteiger partial charge in [-0.2, -0.15) is 0 Å². The van der Waals surface area contributed by atoms with Gasteiger partial charge in [-0.05, 0) is 18.2 Å². The lowest BCUT2D eigenvalue weighted by atomic mass is 10.1. The average Bonchev–Trinajstić information content (AvgIpc) is 1.94. The van der Waals surface area contributed by atoms with Crippen LogP contribution in [-0.4, -0.2) is 6.54 Å². The lowest BCUT2D eigenvalue weighted by Gasteiger charge is -1.98. The Morgan fingerprint density at radius 3 is 2.70 bits per heavy atom. The van der Waals surface area contributed by atoms with Crippen LogP contribution in [0.5, 0.6) is 0 Å². The van der Waals surface area contributed by atoms with Gasteiger partial charge in [-0.25, -0.2) is 0 Å². The van der Waals surface area contributed by atoms with E-state index >= 15 is 0 Å². The van der Waals surface area contributed by atoms with E-state index in [2.05, 4.69) is 0 Å². The van der Waals surface area contributed by atoms with Crippen molar-refractivity contribution in [2.75, 3.05) is 6.54 Å². The molecule has 2 heteroatoms. The molecule has 0 heterocycles. The molecule has 0 atom stereocenters. The molecule has 0 fully saturated rings. The molecule has 1 aromatic rings. The van der Waals surface area contributed by atoms with Crippen LogP contribution < -0.4 is 5.73 Å². The highest BCUT2D eigenvalue weighted by molar-refractivity contribution is 6.31. The normalized spacial score (nSPS) is 9.80. The van der Waals surface area contributed by atoms with E-state index < -0.39 is 0 Å². The topological polar surface area (TPSA) is 26.0 Å². The number of nitrogens with two attached hydrogens (primary N) is 1. The second kappa shape index (κ2) is 3.59. The Labute approximate surface area is 65.8 Å². The molecule has 0 spiro atoms. The van der Waals surface area contributed by atoms with E-state index in [1.165, 1.54) is 0 Å². The van der Waals surface area contributed by atoms with Crippen molar-refractivity contribution in [1.29, 1.82) is 0 Å². The molecule has 1 nitrogen and oxygen atoms in total. The zero-order valence-electron chi connectivity index (χ0n) is 5.55. The minimum absolute atomic E-state index is 0.531. The minimum atomic E-state index is 0.531. The highest BCUT2D eigenvalue weighted by atomic mass is 35.5. The van der Waals surface area contributed by atoms with Gasteiger partial charge in [0.15, 0.2) is 0 Å². The average molecular weight is 155 g/mol. The summed E-state index contributed by atoms with van der Waals surface area (Å²) >= 11 is 5.82. The molecule has 0 aliphatic rings. The van der Waals surface area contributed by atoms with Crippen molar-refractivity contribution < 1.29 is 0 Å². The van der Waals surface area contributed by atoms with Crippen LogP contribution in [0, 0.1) is 6.42 Å². The van der Waals surface area contributed by atoms with E-state index in [1.807, 2.05) is 30.7 Å². The summed E-state index contributed by atoms with van der Waals surface area (Å²) in [5.41, 5.74) is 6.32. The Morgan fingerprint density at radius 2 is 2.10 bits per heavy atom. The van der Waals surface area contributed by atoms with E-state index in [9.17, 15) is 0 Å². The van der Waals surface area contributed by atoms with E-state index in [-0.39, 0.29) is 0 Å². The largest absolute Gasteiger partial charge is 0.330 e. The molecular formula is C8H9ClN. The maximum atomic E-state index is 5.82. The molecule has 0 saturated heterocycles. The molecule has 1 aromatic carbocycles. The van der Waals surface area contributed by atoms with Crippen LogP contribution in [0.25, 0.3) is 0 Å². The Kier molecular flexibility index (Phi) is 2.72. The summed E-state index contributed by atoms with van der Waals surface area (Å²) in [4.78, 5) is 0. The lowest BCUT2D eigenvalue weighted by molar-refractivity contribution is 1.16. The molecule has 0 amide bonds. The maximum Gasteiger partial charge on any atom is 0.0441 e. The zero-order valence-corrected chi connectivity index (χ0v) is 6.31. The van der Waals surface area contributed by atoms with Crippen molar-refractivity contribution in [2.45, 2.75) is 0 Å². The molecule has 10 heavy (non-hydrogen) atoms.